The number of aromatic nitrogens is 1. The van der Waals surface area contributed by atoms with Gasteiger partial charge in [-0.05, 0) is 50.2 Å². The Morgan fingerprint density at radius 1 is 1.24 bits per heavy atom. The molecular formula is C18H19F2N3OS. The lowest BCUT2D eigenvalue weighted by molar-refractivity contribution is -0.0147. The maximum Gasteiger partial charge on any atom is 0.271 e. The van der Waals surface area contributed by atoms with Gasteiger partial charge in [-0.3, -0.25) is 4.79 Å². The van der Waals surface area contributed by atoms with E-state index >= 15 is 0 Å². The number of anilines is 2. The fourth-order valence-corrected chi connectivity index (χ4v) is 4.62. The summed E-state index contributed by atoms with van der Waals surface area (Å²) in [6, 6.07) is 3.44. The molecule has 2 N–H and O–H groups in total. The predicted octanol–water partition coefficient (Wildman–Crippen LogP) is 4.54. The first kappa shape index (κ1) is 16.4. The van der Waals surface area contributed by atoms with Crippen molar-refractivity contribution < 1.29 is 13.6 Å². The van der Waals surface area contributed by atoms with Crippen molar-refractivity contribution in [1.82, 2.24) is 10.3 Å². The van der Waals surface area contributed by atoms with Gasteiger partial charge in [-0.25, -0.2) is 13.8 Å². The van der Waals surface area contributed by atoms with Crippen LogP contribution in [0.15, 0.2) is 18.2 Å². The van der Waals surface area contributed by atoms with E-state index in [-0.39, 0.29) is 17.6 Å². The lowest BCUT2D eigenvalue weighted by atomic mass is 9.53. The third-order valence-corrected chi connectivity index (χ3v) is 6.34. The lowest BCUT2D eigenvalue weighted by Crippen LogP contribution is -2.58. The SMILES string of the molecule is Cc1sc(Nc2cc(F)cc(F)c2)nc1C(=O)NC1CCC12CCC2. The van der Waals surface area contributed by atoms with Gasteiger partial charge in [-0.2, -0.15) is 0 Å². The number of amides is 1. The highest BCUT2D eigenvalue weighted by atomic mass is 32.1. The first-order chi connectivity index (χ1) is 11.9. The van der Waals surface area contributed by atoms with Crippen LogP contribution >= 0.6 is 11.3 Å². The number of carbonyl (C=O) groups is 1. The largest absolute Gasteiger partial charge is 0.347 e. The summed E-state index contributed by atoms with van der Waals surface area (Å²) in [5.74, 6) is -1.49. The van der Waals surface area contributed by atoms with Crippen molar-refractivity contribution in [1.29, 1.82) is 0 Å². The minimum absolute atomic E-state index is 0.164. The molecule has 2 aliphatic carbocycles. The van der Waals surface area contributed by atoms with Crippen molar-refractivity contribution in [3.8, 4) is 0 Å². The first-order valence-electron chi connectivity index (χ1n) is 8.47. The number of benzene rings is 1. The number of nitrogens with zero attached hydrogens (tertiary/aromatic N) is 1. The maximum absolute atomic E-state index is 13.3. The van der Waals surface area contributed by atoms with Crippen molar-refractivity contribution in [2.24, 2.45) is 5.41 Å². The second-order valence-electron chi connectivity index (χ2n) is 6.99. The standard InChI is InChI=1S/C18H19F2N3OS/c1-10-15(16(24)22-14-3-6-18(14)4-2-5-18)23-17(25-10)21-13-8-11(19)7-12(20)9-13/h7-9,14H,2-6H2,1H3,(H,21,23)(H,22,24). The summed E-state index contributed by atoms with van der Waals surface area (Å²) < 4.78 is 26.6. The Bertz CT molecular complexity index is 806. The number of hydrogen-bond donors (Lipinski definition) is 2. The maximum atomic E-state index is 13.3. The highest BCUT2D eigenvalue weighted by Gasteiger charge is 2.51. The van der Waals surface area contributed by atoms with Crippen LogP contribution in [0.5, 0.6) is 0 Å². The molecule has 7 heteroatoms. The van der Waals surface area contributed by atoms with Crippen LogP contribution in [0.3, 0.4) is 0 Å². The number of nitrogens with one attached hydrogen (secondary N) is 2. The van der Waals surface area contributed by atoms with E-state index in [1.165, 1.54) is 49.2 Å². The molecule has 0 saturated heterocycles. The van der Waals surface area contributed by atoms with E-state index < -0.39 is 11.6 Å². The van der Waals surface area contributed by atoms with Gasteiger partial charge in [-0.15, -0.1) is 11.3 Å². The summed E-state index contributed by atoms with van der Waals surface area (Å²) in [6.07, 6.45) is 5.88. The molecule has 4 nitrogen and oxygen atoms in total. The van der Waals surface area contributed by atoms with Crippen LogP contribution in [0, 0.1) is 24.0 Å². The molecule has 2 aliphatic rings. The van der Waals surface area contributed by atoms with Crippen molar-refractivity contribution in [2.75, 3.05) is 5.32 Å². The fourth-order valence-electron chi connectivity index (χ4n) is 3.79. The predicted molar refractivity (Wildman–Crippen MR) is 93.3 cm³/mol. The third kappa shape index (κ3) is 3.01. The minimum atomic E-state index is -0.662. The van der Waals surface area contributed by atoms with Crippen molar-refractivity contribution in [3.05, 3.63) is 40.4 Å². The molecule has 0 bridgehead atoms. The minimum Gasteiger partial charge on any atom is -0.347 e. The van der Waals surface area contributed by atoms with Gasteiger partial charge in [0.2, 0.25) is 0 Å². The van der Waals surface area contributed by atoms with E-state index in [2.05, 4.69) is 15.6 Å². The average Bonchev–Trinajstić information content (AvgIpc) is 2.81. The highest BCUT2D eigenvalue weighted by molar-refractivity contribution is 7.15. The highest BCUT2D eigenvalue weighted by Crippen LogP contribution is 2.55. The number of aryl methyl sites for hydroxylation is 1. The molecule has 1 unspecified atom stereocenters. The summed E-state index contributed by atoms with van der Waals surface area (Å²) in [4.78, 5) is 17.7. The van der Waals surface area contributed by atoms with Crippen molar-refractivity contribution in [3.63, 3.8) is 0 Å². The molecule has 1 aromatic heterocycles. The zero-order valence-electron chi connectivity index (χ0n) is 13.9. The molecule has 0 aliphatic heterocycles. The summed E-state index contributed by atoms with van der Waals surface area (Å²) in [5, 5.41) is 6.43. The molecule has 0 radical (unpaired) electrons. The molecule has 2 saturated carbocycles. The van der Waals surface area contributed by atoms with Crippen LogP contribution in [0.2, 0.25) is 0 Å². The molecular weight excluding hydrogens is 344 g/mol. The van der Waals surface area contributed by atoms with Crippen LogP contribution in [0.25, 0.3) is 0 Å². The topological polar surface area (TPSA) is 54.0 Å². The van der Waals surface area contributed by atoms with Gasteiger partial charge >= 0.3 is 0 Å². The second kappa shape index (κ2) is 6.05. The zero-order chi connectivity index (χ0) is 17.6. The molecule has 132 valence electrons. The van der Waals surface area contributed by atoms with E-state index in [1.807, 2.05) is 6.92 Å². The van der Waals surface area contributed by atoms with Gasteiger partial charge in [-0.1, -0.05) is 6.42 Å². The monoisotopic (exact) mass is 363 g/mol. The Kier molecular flexibility index (Phi) is 3.98. The van der Waals surface area contributed by atoms with Crippen LogP contribution < -0.4 is 10.6 Å². The summed E-state index contributed by atoms with van der Waals surface area (Å²) in [5.41, 5.74) is 0.983. The van der Waals surface area contributed by atoms with Gasteiger partial charge in [0, 0.05) is 22.7 Å². The Hall–Kier alpha value is -2.02. The molecule has 4 rings (SSSR count). The molecule has 1 spiro atoms. The zero-order valence-corrected chi connectivity index (χ0v) is 14.7. The first-order valence-corrected chi connectivity index (χ1v) is 9.28. The number of carbonyl (C=O) groups excluding carboxylic acids is 1. The summed E-state index contributed by atoms with van der Waals surface area (Å²) in [6.45, 7) is 1.82. The van der Waals surface area contributed by atoms with Crippen LogP contribution in [0.4, 0.5) is 19.6 Å². The third-order valence-electron chi connectivity index (χ3n) is 5.45. The number of halogens is 2. The second-order valence-corrected chi connectivity index (χ2v) is 8.19. The molecule has 25 heavy (non-hydrogen) atoms. The Labute approximate surface area is 148 Å². The normalized spacial score (nSPS) is 20.7. The fraction of sp³-hybridized carbons (Fsp3) is 0.444. The summed E-state index contributed by atoms with van der Waals surface area (Å²) in [7, 11) is 0. The van der Waals surface area contributed by atoms with Gasteiger partial charge in [0.05, 0.1) is 0 Å². The van der Waals surface area contributed by atoms with E-state index in [4.69, 9.17) is 0 Å². The number of rotatable bonds is 4. The Morgan fingerprint density at radius 2 is 1.96 bits per heavy atom. The van der Waals surface area contributed by atoms with Gasteiger partial charge in [0.25, 0.3) is 5.91 Å². The molecule has 2 aromatic rings. The Morgan fingerprint density at radius 3 is 2.52 bits per heavy atom. The molecule has 1 heterocycles. The van der Waals surface area contributed by atoms with Crippen LogP contribution in [-0.2, 0) is 0 Å². The number of thiazole rings is 1. The van der Waals surface area contributed by atoms with Gasteiger partial charge < -0.3 is 10.6 Å². The van der Waals surface area contributed by atoms with E-state index in [1.54, 1.807) is 0 Å². The molecule has 1 amide bonds. The van der Waals surface area contributed by atoms with E-state index in [9.17, 15) is 13.6 Å². The quantitative estimate of drug-likeness (QED) is 0.839. The Balaban J connectivity index is 1.47. The number of hydrogen-bond acceptors (Lipinski definition) is 4. The molecule has 1 aromatic carbocycles. The molecule has 2 fully saturated rings. The van der Waals surface area contributed by atoms with Crippen molar-refractivity contribution >= 4 is 28.1 Å². The van der Waals surface area contributed by atoms with Gasteiger partial charge in [0.1, 0.15) is 17.3 Å². The lowest BCUT2D eigenvalue weighted by Gasteiger charge is -2.56. The average molecular weight is 363 g/mol. The van der Waals surface area contributed by atoms with Crippen LogP contribution in [-0.4, -0.2) is 16.9 Å². The van der Waals surface area contributed by atoms with Crippen LogP contribution in [0.1, 0.15) is 47.5 Å². The van der Waals surface area contributed by atoms with E-state index in [0.29, 0.717) is 16.2 Å². The van der Waals surface area contributed by atoms with Gasteiger partial charge in [0.15, 0.2) is 5.13 Å². The summed E-state index contributed by atoms with van der Waals surface area (Å²) >= 11 is 1.29. The smallest absolute Gasteiger partial charge is 0.271 e. The van der Waals surface area contributed by atoms with E-state index in [0.717, 1.165) is 17.4 Å². The van der Waals surface area contributed by atoms with Crippen molar-refractivity contribution in [2.45, 2.75) is 45.1 Å². The molecule has 1 atom stereocenters.